The van der Waals surface area contributed by atoms with E-state index in [9.17, 15) is 10.1 Å². The van der Waals surface area contributed by atoms with Crippen LogP contribution in [0.2, 0.25) is 0 Å². The summed E-state index contributed by atoms with van der Waals surface area (Å²) in [5, 5.41) is 18.5. The van der Waals surface area contributed by atoms with E-state index in [1.54, 1.807) is 6.08 Å². The van der Waals surface area contributed by atoms with Crippen molar-refractivity contribution >= 4 is 17.7 Å². The Morgan fingerprint density at radius 2 is 1.70 bits per heavy atom. The molecule has 2 aromatic carbocycles. The number of hydrogen-bond acceptors (Lipinski definition) is 3. The highest BCUT2D eigenvalue weighted by Crippen LogP contribution is 2.20. The number of benzene rings is 2. The molecule has 0 atom stereocenters. The number of nitrogens with zero attached hydrogens (tertiary/aromatic N) is 3. The monoisotopic (exact) mass is 357 g/mol. The standard InChI is InChI=1S/C23H23N3O/c1-17(2)20-9-7-19(8-10-20)15-21(16-25)23(27)26(14-4-13-24)22-11-5-18(3)6-12-22/h5-12,15,17H,4,14H2,1-3H3/b21-15+. The van der Waals surface area contributed by atoms with Crippen molar-refractivity contribution in [1.82, 2.24) is 0 Å². The predicted molar refractivity (Wildman–Crippen MR) is 108 cm³/mol. The van der Waals surface area contributed by atoms with E-state index in [1.165, 1.54) is 10.5 Å². The van der Waals surface area contributed by atoms with Crippen LogP contribution in [0, 0.1) is 29.6 Å². The SMILES string of the molecule is Cc1ccc(N(CCC#N)C(=O)/C(C#N)=C/c2ccc(C(C)C)cc2)cc1. The molecule has 0 radical (unpaired) electrons. The number of aryl methyl sites for hydroxylation is 1. The zero-order valence-electron chi connectivity index (χ0n) is 15.9. The Kier molecular flexibility index (Phi) is 6.92. The first kappa shape index (κ1) is 19.9. The fourth-order valence-electron chi connectivity index (χ4n) is 2.67. The lowest BCUT2D eigenvalue weighted by Crippen LogP contribution is -2.32. The van der Waals surface area contributed by atoms with Crippen molar-refractivity contribution in [2.45, 2.75) is 33.1 Å². The van der Waals surface area contributed by atoms with Crippen LogP contribution in [0.25, 0.3) is 6.08 Å². The van der Waals surface area contributed by atoms with E-state index >= 15 is 0 Å². The quantitative estimate of drug-likeness (QED) is 0.541. The van der Waals surface area contributed by atoms with Gasteiger partial charge in [0.25, 0.3) is 5.91 Å². The van der Waals surface area contributed by atoms with Crippen molar-refractivity contribution < 1.29 is 4.79 Å². The van der Waals surface area contributed by atoms with Gasteiger partial charge in [-0.3, -0.25) is 4.79 Å². The second kappa shape index (κ2) is 9.36. The second-order valence-corrected chi connectivity index (χ2v) is 6.69. The zero-order valence-corrected chi connectivity index (χ0v) is 15.9. The van der Waals surface area contributed by atoms with Gasteiger partial charge in [0.2, 0.25) is 0 Å². The lowest BCUT2D eigenvalue weighted by atomic mass is 10.0. The first-order valence-corrected chi connectivity index (χ1v) is 8.93. The zero-order chi connectivity index (χ0) is 19.8. The summed E-state index contributed by atoms with van der Waals surface area (Å²) in [5.41, 5.74) is 3.80. The van der Waals surface area contributed by atoms with Gasteiger partial charge >= 0.3 is 0 Å². The van der Waals surface area contributed by atoms with Gasteiger partial charge in [0.05, 0.1) is 12.5 Å². The van der Waals surface area contributed by atoms with Gasteiger partial charge < -0.3 is 4.90 Å². The molecule has 2 rings (SSSR count). The van der Waals surface area contributed by atoms with Gasteiger partial charge in [0.1, 0.15) is 11.6 Å². The number of anilines is 1. The summed E-state index contributed by atoms with van der Waals surface area (Å²) < 4.78 is 0. The number of nitriles is 2. The van der Waals surface area contributed by atoms with Crippen LogP contribution in [0.5, 0.6) is 0 Å². The highest BCUT2D eigenvalue weighted by Gasteiger charge is 2.20. The molecule has 0 unspecified atom stereocenters. The third-order valence-corrected chi connectivity index (χ3v) is 4.30. The molecule has 0 fully saturated rings. The Morgan fingerprint density at radius 1 is 1.07 bits per heavy atom. The predicted octanol–water partition coefficient (Wildman–Crippen LogP) is 4.97. The molecule has 4 heteroatoms. The third-order valence-electron chi connectivity index (χ3n) is 4.30. The van der Waals surface area contributed by atoms with Crippen molar-refractivity contribution in [3.05, 3.63) is 70.8 Å². The van der Waals surface area contributed by atoms with E-state index < -0.39 is 5.91 Å². The van der Waals surface area contributed by atoms with Gasteiger partial charge in [0, 0.05) is 12.2 Å². The van der Waals surface area contributed by atoms with Crippen molar-refractivity contribution in [1.29, 1.82) is 10.5 Å². The van der Waals surface area contributed by atoms with Gasteiger partial charge in [-0.1, -0.05) is 55.8 Å². The van der Waals surface area contributed by atoms with Crippen molar-refractivity contribution in [3.63, 3.8) is 0 Å². The molecule has 0 aliphatic heterocycles. The van der Waals surface area contributed by atoms with E-state index in [0.29, 0.717) is 11.6 Å². The first-order chi connectivity index (χ1) is 13.0. The maximum Gasteiger partial charge on any atom is 0.268 e. The molecule has 4 nitrogen and oxygen atoms in total. The van der Waals surface area contributed by atoms with Crippen molar-refractivity contribution in [2.75, 3.05) is 11.4 Å². The maximum absolute atomic E-state index is 13.0. The van der Waals surface area contributed by atoms with Gasteiger partial charge in [-0.25, -0.2) is 0 Å². The Morgan fingerprint density at radius 3 is 2.22 bits per heavy atom. The molecule has 0 heterocycles. The fourth-order valence-corrected chi connectivity index (χ4v) is 2.67. The summed E-state index contributed by atoms with van der Waals surface area (Å²) in [6, 6.07) is 19.4. The number of carbonyl (C=O) groups is 1. The van der Waals surface area contributed by atoms with Crippen LogP contribution >= 0.6 is 0 Å². The summed E-state index contributed by atoms with van der Waals surface area (Å²) in [7, 11) is 0. The number of amides is 1. The summed E-state index contributed by atoms with van der Waals surface area (Å²) in [5.74, 6) is 0.0210. The van der Waals surface area contributed by atoms with E-state index in [1.807, 2.05) is 61.5 Å². The highest BCUT2D eigenvalue weighted by molar-refractivity contribution is 6.11. The molecule has 0 saturated heterocycles. The van der Waals surface area contributed by atoms with Crippen LogP contribution in [-0.4, -0.2) is 12.5 Å². The molecule has 0 spiro atoms. The first-order valence-electron chi connectivity index (χ1n) is 8.93. The number of hydrogen-bond donors (Lipinski definition) is 0. The number of rotatable bonds is 6. The Labute approximate surface area is 161 Å². The molecular weight excluding hydrogens is 334 g/mol. The minimum atomic E-state index is -0.399. The second-order valence-electron chi connectivity index (χ2n) is 6.69. The Balaban J connectivity index is 2.34. The molecule has 0 aromatic heterocycles. The normalized spacial score (nSPS) is 11.0. The van der Waals surface area contributed by atoms with Crippen LogP contribution in [0.4, 0.5) is 5.69 Å². The molecular formula is C23H23N3O. The third kappa shape index (κ3) is 5.30. The van der Waals surface area contributed by atoms with Crippen molar-refractivity contribution in [2.24, 2.45) is 0 Å². The largest absolute Gasteiger partial charge is 0.307 e. The summed E-state index contributed by atoms with van der Waals surface area (Å²) in [4.78, 5) is 14.5. The lowest BCUT2D eigenvalue weighted by Gasteiger charge is -2.21. The summed E-state index contributed by atoms with van der Waals surface area (Å²) in [6.07, 6.45) is 1.79. The molecule has 0 aliphatic rings. The average molecular weight is 357 g/mol. The maximum atomic E-state index is 13.0. The van der Waals surface area contributed by atoms with Crippen molar-refractivity contribution in [3.8, 4) is 12.1 Å². The van der Waals surface area contributed by atoms with Crippen LogP contribution in [0.1, 0.15) is 42.9 Å². The van der Waals surface area contributed by atoms with E-state index in [2.05, 4.69) is 19.9 Å². The van der Waals surface area contributed by atoms with Gasteiger partial charge in [-0.05, 0) is 42.2 Å². The minimum absolute atomic E-state index is 0.0470. The van der Waals surface area contributed by atoms with Crippen LogP contribution in [0.15, 0.2) is 54.1 Å². The lowest BCUT2D eigenvalue weighted by molar-refractivity contribution is -0.114. The molecule has 1 amide bonds. The molecule has 0 saturated carbocycles. The topological polar surface area (TPSA) is 67.9 Å². The molecule has 0 aliphatic carbocycles. The van der Waals surface area contributed by atoms with E-state index in [0.717, 1.165) is 11.1 Å². The summed E-state index contributed by atoms with van der Waals surface area (Å²) >= 11 is 0. The van der Waals surface area contributed by atoms with Gasteiger partial charge in [0.15, 0.2) is 0 Å². The molecule has 0 bridgehead atoms. The Bertz CT molecular complexity index is 895. The molecule has 2 aromatic rings. The molecule has 27 heavy (non-hydrogen) atoms. The minimum Gasteiger partial charge on any atom is -0.307 e. The van der Waals surface area contributed by atoms with Crippen LogP contribution in [-0.2, 0) is 4.79 Å². The average Bonchev–Trinajstić information content (AvgIpc) is 2.67. The summed E-state index contributed by atoms with van der Waals surface area (Å²) in [6.45, 7) is 6.43. The smallest absolute Gasteiger partial charge is 0.268 e. The number of carbonyl (C=O) groups excluding carboxylic acids is 1. The molecule has 136 valence electrons. The fraction of sp³-hybridized carbons (Fsp3) is 0.261. The van der Waals surface area contributed by atoms with E-state index in [4.69, 9.17) is 5.26 Å². The highest BCUT2D eigenvalue weighted by atomic mass is 16.2. The molecule has 0 N–H and O–H groups in total. The van der Waals surface area contributed by atoms with Gasteiger partial charge in [-0.15, -0.1) is 0 Å². The van der Waals surface area contributed by atoms with Gasteiger partial charge in [-0.2, -0.15) is 10.5 Å². The Hall–Kier alpha value is -3.37. The van der Waals surface area contributed by atoms with E-state index in [-0.39, 0.29) is 18.5 Å². The van der Waals surface area contributed by atoms with Crippen LogP contribution < -0.4 is 4.90 Å². The van der Waals surface area contributed by atoms with Crippen LogP contribution in [0.3, 0.4) is 0 Å².